The van der Waals surface area contributed by atoms with Gasteiger partial charge in [-0.2, -0.15) is 0 Å². The van der Waals surface area contributed by atoms with Gasteiger partial charge in [0, 0.05) is 23.8 Å². The van der Waals surface area contributed by atoms with Gasteiger partial charge < -0.3 is 104 Å². The van der Waals surface area contributed by atoms with Crippen LogP contribution in [0.2, 0.25) is 0 Å². The molecule has 3 saturated heterocycles. The SMILES string of the molecule is COc1cc(/C=C/C(=O)OC[C@H]2O[C@@H](O[C@@H]3[C@H](Oc4c(-c5ccc(O)cc5)oc5cc(O)cc(O)c5c4=O)O[C@H](CO[C@@H]4O[C@H](C)[C@H](O)[C@H](O)[C@@H]4O)[C@H](O)[C@H]3O)[C@@H](O)[C@@H](O)[C@@H]2O)ccc1O. The van der Waals surface area contributed by atoms with Crippen LogP contribution >= 0.6 is 0 Å². The number of esters is 1. The number of phenolic OH excluding ortho intramolecular Hbond substituents is 4. The first-order valence-corrected chi connectivity index (χ1v) is 20.3. The first-order valence-electron chi connectivity index (χ1n) is 20.3. The second-order valence-corrected chi connectivity index (χ2v) is 15.6. The number of phenols is 4. The summed E-state index contributed by atoms with van der Waals surface area (Å²) in [5.74, 6) is -3.52. The number of carbonyl (C=O) groups excluding carboxylic acids is 1. The number of hydrogen-bond acceptors (Lipinski definition) is 23. The van der Waals surface area contributed by atoms with Gasteiger partial charge in [-0.15, -0.1) is 0 Å². The Kier molecular flexibility index (Phi) is 14.7. The molecule has 23 heteroatoms. The molecule has 1 aromatic heterocycles. The number of aliphatic hydroxyl groups is 8. The number of benzene rings is 3. The standard InChI is InChI=1S/C43H48O23/c1-16-29(49)33(53)36(56)41(61-16)60-15-26-31(51)35(55)40(43(64-26)65-39-32(52)28-22(47)12-20(45)13-24(28)62-38(39)18-5-7-19(44)8-6-18)66-42-37(57)34(54)30(50)25(63-42)14-59-27(48)10-4-17-3-9-21(46)23(11-17)58-2/h3-13,16,25-26,29-31,33-37,40-47,49-51,53-57H,14-15H2,1-2H3/b10-4+/t16-,25-,26-,29+,30-,31+,33+,34+,35-,36+,37+,40+,41-,42+,43+/m1/s1. The predicted octanol–water partition coefficient (Wildman–Crippen LogP) is -1.59. The van der Waals surface area contributed by atoms with E-state index in [1.165, 1.54) is 62.6 Å². The van der Waals surface area contributed by atoms with Crippen LogP contribution in [0.5, 0.6) is 34.5 Å². The normalized spacial score (nSPS) is 32.6. The Balaban J connectivity index is 1.18. The average molecular weight is 933 g/mol. The van der Waals surface area contributed by atoms with E-state index in [0.717, 1.165) is 18.2 Å². The Morgan fingerprint density at radius 3 is 2.05 bits per heavy atom. The summed E-state index contributed by atoms with van der Waals surface area (Å²) < 4.78 is 51.1. The molecule has 66 heavy (non-hydrogen) atoms. The minimum atomic E-state index is -2.14. The van der Waals surface area contributed by atoms with Crippen molar-refractivity contribution in [3.05, 3.63) is 76.5 Å². The molecule has 3 fully saturated rings. The van der Waals surface area contributed by atoms with Crippen molar-refractivity contribution in [2.45, 2.75) is 99.0 Å². The molecule has 0 unspecified atom stereocenters. The first-order chi connectivity index (χ1) is 31.4. The van der Waals surface area contributed by atoms with Crippen LogP contribution < -0.4 is 14.9 Å². The van der Waals surface area contributed by atoms with E-state index in [-0.39, 0.29) is 34.2 Å². The van der Waals surface area contributed by atoms with Gasteiger partial charge in [-0.25, -0.2) is 4.79 Å². The molecule has 3 aliphatic rings. The zero-order valence-electron chi connectivity index (χ0n) is 34.8. The molecule has 23 nitrogen and oxygen atoms in total. The molecule has 4 aromatic rings. The average Bonchev–Trinajstić information content (AvgIpc) is 3.29. The number of rotatable bonds is 13. The molecular weight excluding hydrogens is 884 g/mol. The lowest BCUT2D eigenvalue weighted by molar-refractivity contribution is -0.362. The van der Waals surface area contributed by atoms with Gasteiger partial charge in [0.1, 0.15) is 95.9 Å². The number of carbonyl (C=O) groups is 1. The highest BCUT2D eigenvalue weighted by molar-refractivity contribution is 5.88. The molecule has 15 atom stereocenters. The highest BCUT2D eigenvalue weighted by atomic mass is 16.8. The van der Waals surface area contributed by atoms with Gasteiger partial charge in [0.05, 0.1) is 19.8 Å². The number of ether oxygens (including phenoxy) is 8. The highest BCUT2D eigenvalue weighted by Gasteiger charge is 2.53. The Morgan fingerprint density at radius 2 is 1.33 bits per heavy atom. The second-order valence-electron chi connectivity index (χ2n) is 15.6. The van der Waals surface area contributed by atoms with Gasteiger partial charge in [0.25, 0.3) is 0 Å². The second kappa shape index (κ2) is 20.1. The predicted molar refractivity (Wildman–Crippen MR) is 219 cm³/mol. The van der Waals surface area contributed by atoms with Gasteiger partial charge in [0.2, 0.25) is 17.5 Å². The fourth-order valence-electron chi connectivity index (χ4n) is 7.41. The van der Waals surface area contributed by atoms with Crippen LogP contribution in [0, 0.1) is 0 Å². The fraction of sp³-hybridized carbons (Fsp3) is 0.442. The molecule has 0 spiro atoms. The van der Waals surface area contributed by atoms with Crippen molar-refractivity contribution in [3.63, 3.8) is 0 Å². The van der Waals surface area contributed by atoms with E-state index in [9.17, 15) is 70.9 Å². The molecule has 0 amide bonds. The topological polar surface area (TPSA) is 364 Å². The monoisotopic (exact) mass is 932 g/mol. The Labute approximate surface area is 372 Å². The minimum Gasteiger partial charge on any atom is -0.508 e. The molecule has 0 bridgehead atoms. The van der Waals surface area contributed by atoms with Gasteiger partial charge in [0.15, 0.2) is 35.9 Å². The number of fused-ring (bicyclic) bond motifs is 1. The Morgan fingerprint density at radius 1 is 0.682 bits per heavy atom. The van der Waals surface area contributed by atoms with Crippen LogP contribution in [-0.2, 0) is 33.2 Å². The fourth-order valence-corrected chi connectivity index (χ4v) is 7.41. The summed E-state index contributed by atoms with van der Waals surface area (Å²) in [6, 6.07) is 11.2. The first kappa shape index (κ1) is 48.3. The Bertz CT molecular complexity index is 2420. The van der Waals surface area contributed by atoms with Crippen molar-refractivity contribution in [1.82, 2.24) is 0 Å². The van der Waals surface area contributed by atoms with Crippen LogP contribution in [0.25, 0.3) is 28.4 Å². The number of methoxy groups -OCH3 is 1. The van der Waals surface area contributed by atoms with Gasteiger partial charge >= 0.3 is 5.97 Å². The van der Waals surface area contributed by atoms with E-state index in [1.807, 2.05) is 0 Å². The van der Waals surface area contributed by atoms with Gasteiger partial charge in [-0.05, 0) is 55.0 Å². The maximum absolute atomic E-state index is 14.3. The summed E-state index contributed by atoms with van der Waals surface area (Å²) in [6.07, 6.45) is -25.0. The summed E-state index contributed by atoms with van der Waals surface area (Å²) in [6.45, 7) is -0.0987. The molecule has 0 saturated carbocycles. The third-order valence-corrected chi connectivity index (χ3v) is 11.1. The highest BCUT2D eigenvalue weighted by Crippen LogP contribution is 2.39. The van der Waals surface area contributed by atoms with E-state index in [4.69, 9.17) is 42.3 Å². The summed E-state index contributed by atoms with van der Waals surface area (Å²) >= 11 is 0. The lowest BCUT2D eigenvalue weighted by atomic mass is 9.97. The van der Waals surface area contributed by atoms with Crippen LogP contribution in [0.1, 0.15) is 12.5 Å². The smallest absolute Gasteiger partial charge is 0.330 e. The van der Waals surface area contributed by atoms with E-state index < -0.39 is 139 Å². The molecule has 12 N–H and O–H groups in total. The molecule has 0 radical (unpaired) electrons. The summed E-state index contributed by atoms with van der Waals surface area (Å²) in [7, 11) is 1.33. The molecular formula is C43H48O23. The maximum Gasteiger partial charge on any atom is 0.330 e. The van der Waals surface area contributed by atoms with Crippen LogP contribution in [0.3, 0.4) is 0 Å². The van der Waals surface area contributed by atoms with Crippen molar-refractivity contribution in [1.29, 1.82) is 0 Å². The van der Waals surface area contributed by atoms with Crippen LogP contribution in [-0.4, -0.2) is 180 Å². The third-order valence-electron chi connectivity index (χ3n) is 11.1. The van der Waals surface area contributed by atoms with E-state index in [0.29, 0.717) is 5.56 Å². The molecule has 4 heterocycles. The largest absolute Gasteiger partial charge is 0.508 e. The number of hydrogen-bond donors (Lipinski definition) is 12. The van der Waals surface area contributed by atoms with Crippen LogP contribution in [0.15, 0.2) is 69.9 Å². The molecule has 358 valence electrons. The number of aliphatic hydroxyl groups excluding tert-OH is 8. The van der Waals surface area contributed by atoms with Crippen molar-refractivity contribution < 1.29 is 108 Å². The molecule has 7 rings (SSSR count). The third kappa shape index (κ3) is 10.0. The quantitative estimate of drug-likeness (QED) is 0.0531. The summed E-state index contributed by atoms with van der Waals surface area (Å²) in [5.41, 5.74) is -0.895. The van der Waals surface area contributed by atoms with Gasteiger partial charge in [-0.1, -0.05) is 6.07 Å². The summed E-state index contributed by atoms with van der Waals surface area (Å²) in [5, 5.41) is 127. The molecule has 3 aliphatic heterocycles. The zero-order chi connectivity index (χ0) is 47.7. The van der Waals surface area contributed by atoms with E-state index in [2.05, 4.69) is 0 Å². The lowest BCUT2D eigenvalue weighted by Crippen LogP contribution is -2.65. The van der Waals surface area contributed by atoms with Crippen molar-refractivity contribution >= 4 is 23.0 Å². The van der Waals surface area contributed by atoms with E-state index >= 15 is 0 Å². The van der Waals surface area contributed by atoms with Crippen molar-refractivity contribution in [2.75, 3.05) is 20.3 Å². The van der Waals surface area contributed by atoms with Crippen LogP contribution in [0.4, 0.5) is 0 Å². The molecule has 0 aliphatic carbocycles. The van der Waals surface area contributed by atoms with Crippen molar-refractivity contribution in [3.8, 4) is 45.8 Å². The lowest BCUT2D eigenvalue weighted by Gasteiger charge is -2.46. The van der Waals surface area contributed by atoms with Crippen molar-refractivity contribution in [2.24, 2.45) is 0 Å². The zero-order valence-corrected chi connectivity index (χ0v) is 34.8. The molecule has 3 aromatic carbocycles. The Hall–Kier alpha value is -5.64. The maximum atomic E-state index is 14.3. The number of aromatic hydroxyl groups is 4. The van der Waals surface area contributed by atoms with E-state index in [1.54, 1.807) is 0 Å². The summed E-state index contributed by atoms with van der Waals surface area (Å²) in [4.78, 5) is 26.9. The minimum absolute atomic E-state index is 0.0786. The van der Waals surface area contributed by atoms with Gasteiger partial charge in [-0.3, -0.25) is 4.79 Å².